The number of H-pyrrole nitrogens is 2. The van der Waals surface area contributed by atoms with Crippen LogP contribution in [0.4, 0.5) is 0 Å². The summed E-state index contributed by atoms with van der Waals surface area (Å²) in [6.07, 6.45) is 5.90. The van der Waals surface area contributed by atoms with Gasteiger partial charge in [0.25, 0.3) is 0 Å². The summed E-state index contributed by atoms with van der Waals surface area (Å²) in [6, 6.07) is 18.0. The summed E-state index contributed by atoms with van der Waals surface area (Å²) < 4.78 is 0.290. The molecule has 14 N–H and O–H groups in total. The molecular weight excluding hydrogens is 1290 g/mol. The number of halogens is 1. The monoisotopic (exact) mass is 1370 g/mol. The topological polar surface area (TPSA) is 342 Å². The smallest absolute Gasteiger partial charge is 0.328 e. The third kappa shape index (κ3) is 18.6. The number of aliphatic hydroxyl groups excluding tert-OH is 1. The Morgan fingerprint density at radius 1 is 0.703 bits per heavy atom. The van der Waals surface area contributed by atoms with Crippen LogP contribution in [-0.4, -0.2) is 175 Å². The number of carboxylic acid groups (broad SMARTS) is 1. The highest BCUT2D eigenvalue weighted by Gasteiger charge is 2.41. The zero-order valence-electron chi connectivity index (χ0n) is 50.8. The lowest BCUT2D eigenvalue weighted by Crippen LogP contribution is -2.61. The van der Waals surface area contributed by atoms with E-state index < -0.39 is 89.8 Å². The number of carboxylic acids is 1. The van der Waals surface area contributed by atoms with Crippen molar-refractivity contribution < 1.29 is 53.7 Å². The van der Waals surface area contributed by atoms with Crippen molar-refractivity contribution in [1.82, 2.24) is 52.1 Å². The number of likely N-dealkylation sites (tertiary alicyclic amines) is 1. The first-order chi connectivity index (χ1) is 43.8. The minimum Gasteiger partial charge on any atom is -0.507 e. The number of nitrogens with one attached hydrogen (secondary N) is 9. The normalized spacial score (nSPS) is 18.0. The van der Waals surface area contributed by atoms with Gasteiger partial charge < -0.3 is 68.2 Å². The average Bonchev–Trinajstić information content (AvgIpc) is 1.71. The molecular formula is C65H82BrN11O11S3. The molecule has 6 aromatic rings. The first-order valence-corrected chi connectivity index (χ1v) is 33.9. The number of aromatic nitrogens is 2. The molecule has 22 nitrogen and oxygen atoms in total. The number of aliphatic carboxylic acids is 1. The Bertz CT molecular complexity index is 3520. The fraction of sp³-hybridized carbons (Fsp3) is 0.446. The molecule has 7 amide bonds. The molecule has 1 aliphatic heterocycles. The molecule has 91 heavy (non-hydrogen) atoms. The average molecular weight is 1370 g/mol. The number of piperidine rings is 1. The van der Waals surface area contributed by atoms with E-state index in [9.17, 15) is 48.9 Å². The van der Waals surface area contributed by atoms with Crippen LogP contribution >= 0.6 is 52.9 Å². The van der Waals surface area contributed by atoms with E-state index in [1.807, 2.05) is 48.5 Å². The SMILES string of the molecule is CCCN1C[C@H](CSCC(=O)N[C@H](Cc2ccccc2)C(=O)N[C@@H](CS)C(=O)N[C@@H](Cc2ccc(O)c(Br)c2)C(=O)N[C@H](Cc2c[nH]c3ccccc23)C(=O)N[C@@H](CCCCN)C(=O)N[C@@H](CS)C(=O)N[C@H](C(=O)O)[C@@H](C)O)CC2c3cccc4[nH]cc(c34)CC21. The van der Waals surface area contributed by atoms with E-state index >= 15 is 4.79 Å². The summed E-state index contributed by atoms with van der Waals surface area (Å²) in [5, 5.41) is 50.9. The number of amides is 7. The molecule has 4 aromatic carbocycles. The lowest BCUT2D eigenvalue weighted by Gasteiger charge is -2.47. The molecule has 26 heteroatoms. The summed E-state index contributed by atoms with van der Waals surface area (Å²) >= 11 is 13.6. The molecule has 3 heterocycles. The number of benzene rings is 4. The third-order valence-electron chi connectivity index (χ3n) is 16.8. The number of unbranched alkanes of at least 4 members (excludes halogenated alkanes) is 1. The van der Waals surface area contributed by atoms with Gasteiger partial charge >= 0.3 is 5.97 Å². The number of hydrogen-bond donors (Lipinski definition) is 15. The number of para-hydroxylation sites is 1. The predicted molar refractivity (Wildman–Crippen MR) is 361 cm³/mol. The zero-order valence-corrected chi connectivity index (χ0v) is 55.0. The van der Waals surface area contributed by atoms with Gasteiger partial charge in [-0.05, 0) is 138 Å². The van der Waals surface area contributed by atoms with E-state index in [0.717, 1.165) is 60.1 Å². The van der Waals surface area contributed by atoms with Crippen molar-refractivity contribution in [3.63, 3.8) is 0 Å². The van der Waals surface area contributed by atoms with Crippen LogP contribution in [0.25, 0.3) is 21.8 Å². The van der Waals surface area contributed by atoms with E-state index in [1.54, 1.807) is 24.4 Å². The second kappa shape index (κ2) is 33.5. The van der Waals surface area contributed by atoms with E-state index in [4.69, 9.17) is 5.73 Å². The van der Waals surface area contributed by atoms with Gasteiger partial charge in [0.05, 0.1) is 16.3 Å². The second-order valence-electron chi connectivity index (χ2n) is 23.5. The van der Waals surface area contributed by atoms with Gasteiger partial charge in [-0.15, -0.1) is 0 Å². The fourth-order valence-corrected chi connectivity index (χ4v) is 14.1. The van der Waals surface area contributed by atoms with Crippen LogP contribution in [0.5, 0.6) is 5.75 Å². The Morgan fingerprint density at radius 2 is 1.30 bits per heavy atom. The molecule has 0 radical (unpaired) electrons. The Labute approximate surface area is 552 Å². The van der Waals surface area contributed by atoms with Crippen molar-refractivity contribution in [2.45, 2.75) is 132 Å². The molecule has 1 saturated heterocycles. The molecule has 8 rings (SSSR count). The van der Waals surface area contributed by atoms with E-state index in [0.29, 0.717) is 41.8 Å². The second-order valence-corrected chi connectivity index (χ2v) is 26.1. The van der Waals surface area contributed by atoms with Crippen LogP contribution in [-0.2, 0) is 64.0 Å². The van der Waals surface area contributed by atoms with Crippen molar-refractivity contribution in [3.05, 3.63) is 136 Å². The van der Waals surface area contributed by atoms with Gasteiger partial charge in [0.15, 0.2) is 6.04 Å². The molecule has 2 unspecified atom stereocenters. The maximum atomic E-state index is 15.0. The number of carbonyl (C=O) groups excluding carboxylic acids is 7. The predicted octanol–water partition coefficient (Wildman–Crippen LogP) is 4.17. The van der Waals surface area contributed by atoms with Gasteiger partial charge in [0.2, 0.25) is 41.4 Å². The van der Waals surface area contributed by atoms with Crippen LogP contribution in [0.1, 0.15) is 79.7 Å². The summed E-state index contributed by atoms with van der Waals surface area (Å²) in [5.74, 6) is -5.96. The molecule has 0 saturated carbocycles. The van der Waals surface area contributed by atoms with Crippen molar-refractivity contribution in [1.29, 1.82) is 0 Å². The molecule has 11 atom stereocenters. The lowest BCUT2D eigenvalue weighted by atomic mass is 9.72. The molecule has 2 aromatic heterocycles. The Balaban J connectivity index is 0.984. The number of carbonyl (C=O) groups is 8. The Hall–Kier alpha value is -7.07. The van der Waals surface area contributed by atoms with Gasteiger partial charge in [0.1, 0.15) is 42.0 Å². The molecule has 1 fully saturated rings. The van der Waals surface area contributed by atoms with Crippen LogP contribution in [0.3, 0.4) is 0 Å². The maximum absolute atomic E-state index is 15.0. The maximum Gasteiger partial charge on any atom is 0.328 e. The van der Waals surface area contributed by atoms with E-state index in [-0.39, 0.29) is 65.6 Å². The number of thiol groups is 2. The number of phenolic OH excluding ortho intramolecular Hbond substituents is 1. The number of aromatic hydroxyl groups is 1. The summed E-state index contributed by atoms with van der Waals surface area (Å²) in [7, 11) is 0. The number of rotatable bonds is 33. The number of hydrogen-bond acceptors (Lipinski definition) is 15. The number of phenols is 1. The van der Waals surface area contributed by atoms with Gasteiger partial charge in [-0.3, -0.25) is 38.5 Å². The van der Waals surface area contributed by atoms with Crippen LogP contribution in [0.2, 0.25) is 0 Å². The minimum atomic E-state index is -1.70. The quantitative estimate of drug-likeness (QED) is 0.0203. The number of aliphatic hydroxyl groups is 1. The Morgan fingerprint density at radius 3 is 1.96 bits per heavy atom. The lowest BCUT2D eigenvalue weighted by molar-refractivity contribution is -0.145. The standard InChI is InChI=1S/C65H82BrN11O11S3/c1-3-22-77-31-39(23-44-43-15-11-18-47-57(43)41(30-69-47)28-54(44)77)34-91-35-56(80)70-49(25-37-12-5-4-6-13-37)60(82)75-52(32-89)63(85)72-50(26-38-19-20-55(79)45(66)24-38)61(83)73-51(27-40-29-68-46-16-8-7-14-42(40)46)62(84)71-48(17-9-10-21-67)59(81)74-53(33-90)64(86)76-58(36(2)78)65(87)88/h4-8,11-16,18-20,24,29-30,36,39,44,48-54,58,68-69,78-79,89-90H,3,9-10,17,21-23,25-28,31-35,67H2,1-2H3,(H,70,80)(H,71,84)(H,72,85)(H,73,83)(H,74,81)(H,75,82)(H,76,86)(H,87,88)/t36-,39-,44?,48+,49-,50+,51-,52+,53+,54?,58+/m1/s1. The van der Waals surface area contributed by atoms with Crippen molar-refractivity contribution in [3.8, 4) is 5.75 Å². The third-order valence-corrected chi connectivity index (χ3v) is 19.3. The molecule has 1 aliphatic carbocycles. The van der Waals surface area contributed by atoms with Crippen molar-refractivity contribution >= 4 is 122 Å². The summed E-state index contributed by atoms with van der Waals surface area (Å²) in [6.45, 7) is 5.54. The molecule has 0 bridgehead atoms. The fourth-order valence-electron chi connectivity index (χ4n) is 12.2. The summed E-state index contributed by atoms with van der Waals surface area (Å²) in [5.41, 5.74) is 12.3. The molecule has 488 valence electrons. The number of nitrogens with two attached hydrogens (primary N) is 1. The van der Waals surface area contributed by atoms with Crippen molar-refractivity contribution in [2.75, 3.05) is 42.6 Å². The number of thioether (sulfide) groups is 1. The van der Waals surface area contributed by atoms with Crippen LogP contribution < -0.4 is 43.0 Å². The van der Waals surface area contributed by atoms with Gasteiger partial charge in [-0.1, -0.05) is 73.7 Å². The van der Waals surface area contributed by atoms with Gasteiger partial charge in [-0.2, -0.15) is 37.0 Å². The van der Waals surface area contributed by atoms with Gasteiger partial charge in [0, 0.05) is 83.5 Å². The van der Waals surface area contributed by atoms with Crippen molar-refractivity contribution in [2.24, 2.45) is 11.7 Å². The number of aromatic amines is 2. The Kier molecular flexibility index (Phi) is 25.7. The highest BCUT2D eigenvalue weighted by molar-refractivity contribution is 9.10. The molecule has 0 spiro atoms. The highest BCUT2D eigenvalue weighted by Crippen LogP contribution is 2.45. The largest absolute Gasteiger partial charge is 0.507 e. The molecule has 2 aliphatic rings. The van der Waals surface area contributed by atoms with E-state index in [1.165, 1.54) is 41.3 Å². The van der Waals surface area contributed by atoms with E-state index in [2.05, 4.69) is 125 Å². The van der Waals surface area contributed by atoms with Gasteiger partial charge in [-0.25, -0.2) is 4.79 Å². The first-order valence-electron chi connectivity index (χ1n) is 30.7. The first kappa shape index (κ1) is 69.8. The van der Waals surface area contributed by atoms with Crippen LogP contribution in [0, 0.1) is 5.92 Å². The minimum absolute atomic E-state index is 0.0163. The number of fused-ring (bicyclic) bond motifs is 3. The number of nitrogens with zero attached hydrogens (tertiary/aromatic N) is 1. The summed E-state index contributed by atoms with van der Waals surface area (Å²) in [4.78, 5) is 121. The zero-order chi connectivity index (χ0) is 65.3. The van der Waals surface area contributed by atoms with Crippen LogP contribution in [0.15, 0.2) is 108 Å². The highest BCUT2D eigenvalue weighted by atomic mass is 79.9.